The molecule has 0 aromatic heterocycles. The number of hydrogen-bond acceptors (Lipinski definition) is 4. The lowest BCUT2D eigenvalue weighted by molar-refractivity contribution is -0.144. The lowest BCUT2D eigenvalue weighted by atomic mass is 10.0. The number of hydrogen-bond donors (Lipinski definition) is 1. The molecular formula is C13H15NO3. The number of Topliss-reactive ketones (excluding diaryl/α,β-unsaturated/α-hetero) is 2. The number of hydroxylamine groups is 2. The third kappa shape index (κ3) is 2.99. The molecule has 4 nitrogen and oxygen atoms in total. The van der Waals surface area contributed by atoms with Crippen LogP contribution in [-0.2, 0) is 16.0 Å². The second kappa shape index (κ2) is 5.21. The first kappa shape index (κ1) is 12.0. The van der Waals surface area contributed by atoms with E-state index in [9.17, 15) is 14.8 Å². The summed E-state index contributed by atoms with van der Waals surface area (Å²) in [5.74, 6) is -0.146. The lowest BCUT2D eigenvalue weighted by Gasteiger charge is -2.14. The smallest absolute Gasteiger partial charge is 0.153 e. The van der Waals surface area contributed by atoms with Crippen LogP contribution in [0.1, 0.15) is 18.4 Å². The van der Waals surface area contributed by atoms with Gasteiger partial charge < -0.3 is 5.21 Å². The molecule has 17 heavy (non-hydrogen) atoms. The van der Waals surface area contributed by atoms with Gasteiger partial charge in [-0.15, -0.1) is 0 Å². The number of carbonyl (C=O) groups excluding carboxylic acids is 2. The Balaban J connectivity index is 1.88. The van der Waals surface area contributed by atoms with Crippen molar-refractivity contribution in [1.82, 2.24) is 5.06 Å². The van der Waals surface area contributed by atoms with Gasteiger partial charge in [0.1, 0.15) is 6.04 Å². The molecule has 1 aliphatic rings. The van der Waals surface area contributed by atoms with Crippen molar-refractivity contribution in [3.05, 3.63) is 35.9 Å². The van der Waals surface area contributed by atoms with Crippen molar-refractivity contribution in [1.29, 1.82) is 0 Å². The number of aryl methyl sites for hydroxylation is 1. The SMILES string of the molecule is O=C1CC(C(=O)CCc2ccccc2)N(O)C1. The Bertz CT molecular complexity index is 416. The molecule has 0 aliphatic carbocycles. The van der Waals surface area contributed by atoms with Crippen molar-refractivity contribution in [3.63, 3.8) is 0 Å². The molecule has 1 aromatic rings. The highest BCUT2D eigenvalue weighted by molar-refractivity contribution is 5.94. The zero-order valence-electron chi connectivity index (χ0n) is 9.50. The molecule has 1 heterocycles. The van der Waals surface area contributed by atoms with Crippen LogP contribution >= 0.6 is 0 Å². The van der Waals surface area contributed by atoms with Gasteiger partial charge in [0.2, 0.25) is 0 Å². The van der Waals surface area contributed by atoms with Gasteiger partial charge in [-0.3, -0.25) is 9.59 Å². The Morgan fingerprint density at radius 2 is 2.06 bits per heavy atom. The van der Waals surface area contributed by atoms with E-state index in [-0.39, 0.29) is 24.5 Å². The quantitative estimate of drug-likeness (QED) is 0.849. The van der Waals surface area contributed by atoms with Crippen molar-refractivity contribution in [2.24, 2.45) is 0 Å². The molecule has 0 saturated carbocycles. The molecule has 1 fully saturated rings. The summed E-state index contributed by atoms with van der Waals surface area (Å²) >= 11 is 0. The fourth-order valence-corrected chi connectivity index (χ4v) is 2.04. The molecule has 4 heteroatoms. The summed E-state index contributed by atoms with van der Waals surface area (Å²) in [5, 5.41) is 10.3. The van der Waals surface area contributed by atoms with Crippen molar-refractivity contribution in [3.8, 4) is 0 Å². The number of benzene rings is 1. The molecule has 1 unspecified atom stereocenters. The molecule has 1 N–H and O–H groups in total. The summed E-state index contributed by atoms with van der Waals surface area (Å²) in [6, 6.07) is 9.07. The zero-order chi connectivity index (χ0) is 12.3. The Kier molecular flexibility index (Phi) is 3.66. The van der Waals surface area contributed by atoms with Gasteiger partial charge in [0.15, 0.2) is 11.6 Å². The van der Waals surface area contributed by atoms with E-state index in [2.05, 4.69) is 0 Å². The minimum absolute atomic E-state index is 0.0260. The molecule has 2 rings (SSSR count). The Morgan fingerprint density at radius 3 is 2.65 bits per heavy atom. The fourth-order valence-electron chi connectivity index (χ4n) is 2.04. The van der Waals surface area contributed by atoms with Crippen molar-refractivity contribution in [2.75, 3.05) is 6.54 Å². The minimum atomic E-state index is -0.633. The van der Waals surface area contributed by atoms with Gasteiger partial charge in [-0.05, 0) is 12.0 Å². The average Bonchev–Trinajstić information content (AvgIpc) is 2.67. The molecule has 0 spiro atoms. The molecule has 0 radical (unpaired) electrons. The summed E-state index contributed by atoms with van der Waals surface area (Å²) in [5.41, 5.74) is 1.09. The van der Waals surface area contributed by atoms with Crippen LogP contribution in [0.4, 0.5) is 0 Å². The van der Waals surface area contributed by atoms with Crippen molar-refractivity contribution >= 4 is 11.6 Å². The maximum atomic E-state index is 11.8. The van der Waals surface area contributed by atoms with Gasteiger partial charge in [0.25, 0.3) is 0 Å². The van der Waals surface area contributed by atoms with Crippen LogP contribution in [0.15, 0.2) is 30.3 Å². The van der Waals surface area contributed by atoms with Crippen LogP contribution in [-0.4, -0.2) is 34.4 Å². The third-order valence-electron chi connectivity index (χ3n) is 2.99. The number of rotatable bonds is 4. The highest BCUT2D eigenvalue weighted by Crippen LogP contribution is 2.15. The highest BCUT2D eigenvalue weighted by atomic mass is 16.5. The molecule has 1 saturated heterocycles. The summed E-state index contributed by atoms with van der Waals surface area (Å²) in [7, 11) is 0. The predicted octanol–water partition coefficient (Wildman–Crippen LogP) is 1.22. The maximum absolute atomic E-state index is 11.8. The van der Waals surface area contributed by atoms with Gasteiger partial charge in [0, 0.05) is 12.8 Å². The zero-order valence-corrected chi connectivity index (χ0v) is 9.50. The minimum Gasteiger partial charge on any atom is -0.313 e. The summed E-state index contributed by atoms with van der Waals surface area (Å²) in [6.07, 6.45) is 1.15. The molecule has 1 atom stereocenters. The van der Waals surface area contributed by atoms with Crippen LogP contribution in [0.2, 0.25) is 0 Å². The van der Waals surface area contributed by atoms with Gasteiger partial charge in [-0.25, -0.2) is 0 Å². The van der Waals surface area contributed by atoms with E-state index in [1.165, 1.54) is 0 Å². The first-order valence-electron chi connectivity index (χ1n) is 5.70. The van der Waals surface area contributed by atoms with Crippen LogP contribution in [0.5, 0.6) is 0 Å². The highest BCUT2D eigenvalue weighted by Gasteiger charge is 2.34. The monoisotopic (exact) mass is 233 g/mol. The summed E-state index contributed by atoms with van der Waals surface area (Å²) < 4.78 is 0. The largest absolute Gasteiger partial charge is 0.313 e. The molecule has 0 bridgehead atoms. The topological polar surface area (TPSA) is 57.6 Å². The van der Waals surface area contributed by atoms with Crippen molar-refractivity contribution < 1.29 is 14.8 Å². The Labute approximate surface area is 99.8 Å². The second-order valence-electron chi connectivity index (χ2n) is 4.31. The average molecular weight is 233 g/mol. The number of nitrogens with zero attached hydrogens (tertiary/aromatic N) is 1. The molecule has 0 amide bonds. The van der Waals surface area contributed by atoms with Gasteiger partial charge in [-0.1, -0.05) is 30.3 Å². The fraction of sp³-hybridized carbons (Fsp3) is 0.385. The van der Waals surface area contributed by atoms with Crippen molar-refractivity contribution in [2.45, 2.75) is 25.3 Å². The summed E-state index contributed by atoms with van der Waals surface area (Å²) in [4.78, 5) is 22.9. The number of carbonyl (C=O) groups is 2. The van der Waals surface area contributed by atoms with E-state index < -0.39 is 6.04 Å². The van der Waals surface area contributed by atoms with E-state index in [0.29, 0.717) is 12.8 Å². The van der Waals surface area contributed by atoms with Crippen LogP contribution in [0, 0.1) is 0 Å². The van der Waals surface area contributed by atoms with Crippen LogP contribution in [0.3, 0.4) is 0 Å². The van der Waals surface area contributed by atoms with E-state index in [1.54, 1.807) is 0 Å². The Morgan fingerprint density at radius 1 is 1.35 bits per heavy atom. The summed E-state index contributed by atoms with van der Waals surface area (Å²) in [6.45, 7) is -0.0260. The van der Waals surface area contributed by atoms with Gasteiger partial charge >= 0.3 is 0 Å². The third-order valence-corrected chi connectivity index (χ3v) is 2.99. The van der Waals surface area contributed by atoms with E-state index >= 15 is 0 Å². The van der Waals surface area contributed by atoms with Gasteiger partial charge in [-0.2, -0.15) is 5.06 Å². The van der Waals surface area contributed by atoms with Gasteiger partial charge in [0.05, 0.1) is 6.54 Å². The molecule has 1 aromatic carbocycles. The molecular weight excluding hydrogens is 218 g/mol. The normalized spacial score (nSPS) is 20.8. The number of ketones is 2. The maximum Gasteiger partial charge on any atom is 0.153 e. The Hall–Kier alpha value is -1.52. The molecule has 1 aliphatic heterocycles. The lowest BCUT2D eigenvalue weighted by Crippen LogP contribution is -2.33. The first-order chi connectivity index (χ1) is 8.16. The predicted molar refractivity (Wildman–Crippen MR) is 61.7 cm³/mol. The van der Waals surface area contributed by atoms with E-state index in [0.717, 1.165) is 10.6 Å². The first-order valence-corrected chi connectivity index (χ1v) is 5.70. The second-order valence-corrected chi connectivity index (χ2v) is 4.31. The standard InChI is InChI=1S/C13H15NO3/c15-11-8-12(14(17)9-11)13(16)7-6-10-4-2-1-3-5-10/h1-5,12,17H,6-9H2. The molecule has 90 valence electrons. The van der Waals surface area contributed by atoms with Crippen LogP contribution < -0.4 is 0 Å². The van der Waals surface area contributed by atoms with E-state index in [1.807, 2.05) is 30.3 Å². The van der Waals surface area contributed by atoms with E-state index in [4.69, 9.17) is 0 Å². The van der Waals surface area contributed by atoms with Crippen LogP contribution in [0.25, 0.3) is 0 Å².